The van der Waals surface area contributed by atoms with Gasteiger partial charge in [-0.1, -0.05) is 18.2 Å². The van der Waals surface area contributed by atoms with Gasteiger partial charge in [0.1, 0.15) is 5.75 Å². The van der Waals surface area contributed by atoms with Crippen LogP contribution in [0, 0.1) is 0 Å². The Hall–Kier alpha value is -2.52. The topological polar surface area (TPSA) is 93.2 Å². The lowest BCUT2D eigenvalue weighted by Gasteiger charge is -2.16. The Balaban J connectivity index is 2.08. The van der Waals surface area contributed by atoms with Crippen LogP contribution in [0.3, 0.4) is 0 Å². The zero-order valence-corrected chi connectivity index (χ0v) is 17.5. The smallest absolute Gasteiger partial charge is 0.231 e. The number of nitrogens with one attached hydrogen (secondary N) is 2. The van der Waals surface area contributed by atoms with Gasteiger partial charge < -0.3 is 10.1 Å². The van der Waals surface area contributed by atoms with Crippen LogP contribution in [-0.2, 0) is 16.4 Å². The number of aryl methyl sites for hydroxylation is 1. The molecule has 0 amide bonds. The highest BCUT2D eigenvalue weighted by Gasteiger charge is 2.15. The van der Waals surface area contributed by atoms with E-state index in [1.54, 1.807) is 24.9 Å². The highest BCUT2D eigenvalue weighted by molar-refractivity contribution is 7.98. The molecule has 2 aromatic carbocycles. The second kappa shape index (κ2) is 8.66. The Morgan fingerprint density at radius 2 is 1.75 bits per heavy atom. The average Bonchev–Trinajstić information content (AvgIpc) is 2.66. The molecule has 0 aliphatic heterocycles. The summed E-state index contributed by atoms with van der Waals surface area (Å²) in [7, 11) is -1.91. The second-order valence-electron chi connectivity index (χ2n) is 6.17. The van der Waals surface area contributed by atoms with Crippen molar-refractivity contribution in [2.24, 2.45) is 0 Å². The molecule has 0 saturated heterocycles. The minimum Gasteiger partial charge on any atom is -0.497 e. The molecular formula is C19H22N4O3S2. The SMILES string of the molecule is COc1ccc(CCSC)c(Nc2nc3ccccc3nc2NS(C)(=O)=O)c1. The number of rotatable bonds is 8. The molecular weight excluding hydrogens is 396 g/mol. The van der Waals surface area contributed by atoms with Crippen LogP contribution in [0.5, 0.6) is 5.75 Å². The predicted molar refractivity (Wildman–Crippen MR) is 116 cm³/mol. The Labute approximate surface area is 169 Å². The van der Waals surface area contributed by atoms with Crippen molar-refractivity contribution in [1.29, 1.82) is 0 Å². The molecule has 7 nitrogen and oxygen atoms in total. The van der Waals surface area contributed by atoms with Gasteiger partial charge in [0, 0.05) is 11.8 Å². The largest absolute Gasteiger partial charge is 0.497 e. The van der Waals surface area contributed by atoms with Crippen molar-refractivity contribution < 1.29 is 13.2 Å². The van der Waals surface area contributed by atoms with E-state index in [-0.39, 0.29) is 5.82 Å². The van der Waals surface area contributed by atoms with Crippen LogP contribution in [0.4, 0.5) is 17.3 Å². The third-order valence-electron chi connectivity index (χ3n) is 4.00. The van der Waals surface area contributed by atoms with E-state index in [4.69, 9.17) is 4.74 Å². The van der Waals surface area contributed by atoms with Crippen molar-refractivity contribution in [1.82, 2.24) is 9.97 Å². The Bertz CT molecular complexity index is 1090. The first-order valence-corrected chi connectivity index (χ1v) is 11.9. The molecule has 3 rings (SSSR count). The van der Waals surface area contributed by atoms with Gasteiger partial charge in [-0.25, -0.2) is 18.4 Å². The number of para-hydroxylation sites is 2. The molecule has 0 aliphatic rings. The maximum atomic E-state index is 11.8. The van der Waals surface area contributed by atoms with E-state index in [0.717, 1.165) is 29.7 Å². The number of sulfonamides is 1. The van der Waals surface area contributed by atoms with Gasteiger partial charge in [-0.2, -0.15) is 11.8 Å². The number of ether oxygens (including phenoxy) is 1. The molecule has 148 valence electrons. The minimum absolute atomic E-state index is 0.153. The summed E-state index contributed by atoms with van der Waals surface area (Å²) in [5.41, 5.74) is 3.15. The molecule has 0 bridgehead atoms. The van der Waals surface area contributed by atoms with E-state index < -0.39 is 10.0 Å². The maximum Gasteiger partial charge on any atom is 0.231 e. The fourth-order valence-corrected chi connectivity index (χ4v) is 3.61. The van der Waals surface area contributed by atoms with E-state index in [1.807, 2.05) is 36.4 Å². The summed E-state index contributed by atoms with van der Waals surface area (Å²) in [5, 5.41) is 3.25. The normalized spacial score (nSPS) is 11.4. The van der Waals surface area contributed by atoms with Gasteiger partial charge in [0.2, 0.25) is 10.0 Å². The van der Waals surface area contributed by atoms with E-state index in [2.05, 4.69) is 26.3 Å². The van der Waals surface area contributed by atoms with Gasteiger partial charge in [0.25, 0.3) is 0 Å². The number of fused-ring (bicyclic) bond motifs is 1. The molecule has 0 radical (unpaired) electrons. The van der Waals surface area contributed by atoms with Crippen molar-refractivity contribution >= 4 is 50.1 Å². The van der Waals surface area contributed by atoms with Crippen LogP contribution in [0.1, 0.15) is 5.56 Å². The van der Waals surface area contributed by atoms with Gasteiger partial charge in [-0.15, -0.1) is 0 Å². The minimum atomic E-state index is -3.52. The predicted octanol–water partition coefficient (Wildman–Crippen LogP) is 3.66. The third-order valence-corrected chi connectivity index (χ3v) is 5.17. The Morgan fingerprint density at radius 1 is 1.07 bits per heavy atom. The molecule has 2 N–H and O–H groups in total. The number of thioether (sulfide) groups is 1. The molecule has 1 heterocycles. The van der Waals surface area contributed by atoms with E-state index in [1.165, 1.54) is 0 Å². The van der Waals surface area contributed by atoms with Crippen molar-refractivity contribution in [2.45, 2.75) is 6.42 Å². The van der Waals surface area contributed by atoms with Gasteiger partial charge >= 0.3 is 0 Å². The van der Waals surface area contributed by atoms with Gasteiger partial charge in [-0.05, 0) is 42.2 Å². The summed E-state index contributed by atoms with van der Waals surface area (Å²) in [6.07, 6.45) is 3.99. The number of aromatic nitrogens is 2. The van der Waals surface area contributed by atoms with Crippen LogP contribution in [-0.4, -0.2) is 43.8 Å². The molecule has 1 aromatic heterocycles. The van der Waals surface area contributed by atoms with E-state index in [9.17, 15) is 8.42 Å². The Morgan fingerprint density at radius 3 is 2.36 bits per heavy atom. The lowest BCUT2D eigenvalue weighted by Crippen LogP contribution is -2.14. The monoisotopic (exact) mass is 418 g/mol. The van der Waals surface area contributed by atoms with E-state index >= 15 is 0 Å². The number of methoxy groups -OCH3 is 1. The van der Waals surface area contributed by atoms with Crippen molar-refractivity contribution in [3.8, 4) is 5.75 Å². The third kappa shape index (κ3) is 5.05. The molecule has 0 aliphatic carbocycles. The zero-order valence-electron chi connectivity index (χ0n) is 15.9. The molecule has 0 fully saturated rings. The number of hydrogen-bond donors (Lipinski definition) is 2. The lowest BCUT2D eigenvalue weighted by molar-refractivity contribution is 0.415. The number of anilines is 3. The van der Waals surface area contributed by atoms with Crippen LogP contribution in [0.25, 0.3) is 11.0 Å². The first-order valence-electron chi connectivity index (χ1n) is 8.57. The van der Waals surface area contributed by atoms with E-state index in [0.29, 0.717) is 22.6 Å². The van der Waals surface area contributed by atoms with Crippen molar-refractivity contribution in [3.63, 3.8) is 0 Å². The molecule has 0 spiro atoms. The zero-order chi connectivity index (χ0) is 20.1. The summed E-state index contributed by atoms with van der Waals surface area (Å²) in [4.78, 5) is 9.03. The average molecular weight is 419 g/mol. The highest BCUT2D eigenvalue weighted by Crippen LogP contribution is 2.30. The maximum absolute atomic E-state index is 11.8. The fourth-order valence-electron chi connectivity index (χ4n) is 2.69. The molecule has 9 heteroatoms. The van der Waals surface area contributed by atoms with Gasteiger partial charge in [0.15, 0.2) is 11.6 Å². The van der Waals surface area contributed by atoms with Crippen molar-refractivity contribution in [2.75, 3.05) is 35.4 Å². The van der Waals surface area contributed by atoms with Gasteiger partial charge in [-0.3, -0.25) is 4.72 Å². The molecule has 3 aromatic rings. The van der Waals surface area contributed by atoms with Crippen LogP contribution in [0.2, 0.25) is 0 Å². The summed E-state index contributed by atoms with van der Waals surface area (Å²) in [6.45, 7) is 0. The Kier molecular flexibility index (Phi) is 6.25. The second-order valence-corrected chi connectivity index (χ2v) is 8.91. The molecule has 0 saturated carbocycles. The standard InChI is InChI=1S/C19H22N4O3S2/c1-26-14-9-8-13(10-11-27-2)17(12-14)22-18-19(23-28(3,24)25)21-16-7-5-4-6-15(16)20-18/h4-9,12H,10-11H2,1-3H3,(H,20,22)(H,21,23). The van der Waals surface area contributed by atoms with Gasteiger partial charge in [0.05, 0.1) is 24.4 Å². The summed E-state index contributed by atoms with van der Waals surface area (Å²) >= 11 is 1.76. The first kappa shape index (κ1) is 20.2. The summed E-state index contributed by atoms with van der Waals surface area (Å²) in [5.74, 6) is 2.14. The summed E-state index contributed by atoms with van der Waals surface area (Å²) in [6, 6.07) is 13.1. The molecule has 28 heavy (non-hydrogen) atoms. The highest BCUT2D eigenvalue weighted by atomic mass is 32.2. The number of benzene rings is 2. The fraction of sp³-hybridized carbons (Fsp3) is 0.263. The van der Waals surface area contributed by atoms with Crippen LogP contribution in [0.15, 0.2) is 42.5 Å². The quantitative estimate of drug-likeness (QED) is 0.577. The van der Waals surface area contributed by atoms with Crippen molar-refractivity contribution in [3.05, 3.63) is 48.0 Å². The van der Waals surface area contributed by atoms with Crippen LogP contribution < -0.4 is 14.8 Å². The first-order chi connectivity index (χ1) is 13.4. The molecule has 0 unspecified atom stereocenters. The number of hydrogen-bond acceptors (Lipinski definition) is 7. The lowest BCUT2D eigenvalue weighted by atomic mass is 10.1. The summed E-state index contributed by atoms with van der Waals surface area (Å²) < 4.78 is 31.4. The van der Waals surface area contributed by atoms with Crippen LogP contribution >= 0.6 is 11.8 Å². The number of nitrogens with zero attached hydrogens (tertiary/aromatic N) is 2. The molecule has 0 atom stereocenters.